The van der Waals surface area contributed by atoms with E-state index in [2.05, 4.69) is 0 Å². The van der Waals surface area contributed by atoms with Crippen LogP contribution >= 0.6 is 0 Å². The van der Waals surface area contributed by atoms with E-state index in [4.69, 9.17) is 13.9 Å². The molecule has 0 aliphatic carbocycles. The Hall–Kier alpha value is -3.67. The molecule has 3 unspecified atom stereocenters. The van der Waals surface area contributed by atoms with Crippen molar-refractivity contribution in [1.29, 1.82) is 0 Å². The van der Waals surface area contributed by atoms with Gasteiger partial charge in [-0.25, -0.2) is 0 Å². The molecule has 6 N–H and O–H groups in total. The molecule has 3 aromatic rings. The van der Waals surface area contributed by atoms with Crippen molar-refractivity contribution in [1.82, 2.24) is 0 Å². The summed E-state index contributed by atoms with van der Waals surface area (Å²) in [7, 11) is 0. The second-order valence-electron chi connectivity index (χ2n) is 10.7. The highest BCUT2D eigenvalue weighted by Crippen LogP contribution is 2.42. The van der Waals surface area contributed by atoms with Gasteiger partial charge in [0.1, 0.15) is 58.9 Å². The minimum absolute atomic E-state index is 0.0322. The van der Waals surface area contributed by atoms with Crippen LogP contribution in [0.2, 0.25) is 0 Å². The van der Waals surface area contributed by atoms with Crippen molar-refractivity contribution in [2.75, 3.05) is 6.61 Å². The van der Waals surface area contributed by atoms with Gasteiger partial charge in [-0.15, -0.1) is 0 Å². The molecule has 41 heavy (non-hydrogen) atoms. The monoisotopic (exact) mass is 568 g/mol. The fraction of sp³-hybridized carbons (Fsp3) is 0.387. The number of aliphatic hydroxyl groups is 4. The molecule has 0 saturated carbocycles. The lowest BCUT2D eigenvalue weighted by molar-refractivity contribution is -0.277. The number of hydrogen-bond acceptors (Lipinski definition) is 10. The quantitative estimate of drug-likeness (QED) is 0.222. The van der Waals surface area contributed by atoms with Gasteiger partial charge in [0.05, 0.1) is 12.2 Å². The molecule has 0 radical (unpaired) electrons. The van der Waals surface area contributed by atoms with Gasteiger partial charge < -0.3 is 44.5 Å². The van der Waals surface area contributed by atoms with Gasteiger partial charge in [0.25, 0.3) is 0 Å². The number of aromatic hydroxyl groups is 2. The lowest BCUT2D eigenvalue weighted by atomic mass is 9.95. The van der Waals surface area contributed by atoms with Crippen LogP contribution in [0.4, 0.5) is 0 Å². The van der Waals surface area contributed by atoms with Crippen molar-refractivity contribution < 1.29 is 44.5 Å². The molecule has 0 bridgehead atoms. The topological polar surface area (TPSA) is 170 Å². The fourth-order valence-electron chi connectivity index (χ4n) is 4.70. The summed E-state index contributed by atoms with van der Waals surface area (Å²) >= 11 is 0. The highest BCUT2D eigenvalue weighted by atomic mass is 16.7. The summed E-state index contributed by atoms with van der Waals surface area (Å²) in [6, 6.07) is 6.01. The minimum Gasteiger partial charge on any atom is -0.508 e. The van der Waals surface area contributed by atoms with Crippen LogP contribution in [-0.4, -0.2) is 68.0 Å². The van der Waals surface area contributed by atoms with Gasteiger partial charge in [-0.1, -0.05) is 35.4 Å². The first-order valence-corrected chi connectivity index (χ1v) is 13.3. The molecular formula is C31H36O10. The molecule has 5 atom stereocenters. The zero-order valence-electron chi connectivity index (χ0n) is 23.4. The number of phenols is 2. The third-order valence-electron chi connectivity index (χ3n) is 7.03. The third-order valence-corrected chi connectivity index (χ3v) is 7.03. The molecule has 1 fully saturated rings. The summed E-state index contributed by atoms with van der Waals surface area (Å²) in [4.78, 5) is 13.8. The first kappa shape index (κ1) is 30.3. The summed E-state index contributed by atoms with van der Waals surface area (Å²) in [6.45, 7) is 6.89. The molecule has 4 rings (SSSR count). The van der Waals surface area contributed by atoms with E-state index in [1.807, 2.05) is 39.8 Å². The Bertz CT molecular complexity index is 1510. The number of hydrogen-bond donors (Lipinski definition) is 6. The molecular weight excluding hydrogens is 532 g/mol. The number of rotatable bonds is 8. The number of aliphatic hydroxyl groups excluding tert-OH is 4. The predicted octanol–water partition coefficient (Wildman–Crippen LogP) is 3.07. The molecule has 220 valence electrons. The Kier molecular flexibility index (Phi) is 9.21. The average molecular weight is 569 g/mol. The molecule has 0 spiro atoms. The van der Waals surface area contributed by atoms with Crippen LogP contribution in [0, 0.1) is 0 Å². The largest absolute Gasteiger partial charge is 0.508 e. The van der Waals surface area contributed by atoms with E-state index in [1.54, 1.807) is 12.1 Å². The summed E-state index contributed by atoms with van der Waals surface area (Å²) < 4.78 is 17.7. The maximum absolute atomic E-state index is 13.8. The third kappa shape index (κ3) is 6.17. The summed E-state index contributed by atoms with van der Waals surface area (Å²) in [5, 5.41) is 62.1. The van der Waals surface area contributed by atoms with Gasteiger partial charge in [0, 0.05) is 11.1 Å². The van der Waals surface area contributed by atoms with Gasteiger partial charge in [0.2, 0.25) is 11.7 Å². The minimum atomic E-state index is -1.69. The second kappa shape index (κ2) is 12.5. The molecule has 0 amide bonds. The van der Waals surface area contributed by atoms with E-state index in [0.717, 1.165) is 11.1 Å². The summed E-state index contributed by atoms with van der Waals surface area (Å²) in [5.74, 6) is -0.271. The molecule has 1 aliphatic rings. The standard InChI is InChI=1S/C31H36O10/c1-15(2)5-11-19-24(34)23-25(35)21(17-7-9-18(33)10-8-17)14-39-30(23)20(12-6-16(3)4)29(19)41-31-28(38)27(37)26(36)22(13-32)40-31/h5-10,14,22,26-28,31-34,36-38H,11-13H2,1-4H3/t22?,26-,27?,28?,31+/m1/s1. The smallest absolute Gasteiger partial charge is 0.229 e. The second-order valence-corrected chi connectivity index (χ2v) is 10.7. The van der Waals surface area contributed by atoms with Crippen LogP contribution in [-0.2, 0) is 17.6 Å². The van der Waals surface area contributed by atoms with Crippen LogP contribution in [0.5, 0.6) is 17.2 Å². The molecule has 10 nitrogen and oxygen atoms in total. The van der Waals surface area contributed by atoms with E-state index in [9.17, 15) is 35.4 Å². The summed E-state index contributed by atoms with van der Waals surface area (Å²) in [6.07, 6.45) is -2.34. The molecule has 2 heterocycles. The van der Waals surface area contributed by atoms with Crippen LogP contribution in [0.3, 0.4) is 0 Å². The first-order chi connectivity index (χ1) is 19.4. The number of benzene rings is 2. The van der Waals surface area contributed by atoms with Crippen LogP contribution < -0.4 is 10.2 Å². The van der Waals surface area contributed by atoms with E-state index >= 15 is 0 Å². The van der Waals surface area contributed by atoms with Crippen molar-refractivity contribution in [2.45, 2.75) is 71.2 Å². The Morgan fingerprint density at radius 1 is 0.902 bits per heavy atom. The van der Waals surface area contributed by atoms with Gasteiger partial charge in [0.15, 0.2) is 0 Å². The van der Waals surface area contributed by atoms with Crippen molar-refractivity contribution in [3.05, 3.63) is 75.2 Å². The van der Waals surface area contributed by atoms with Crippen molar-refractivity contribution in [2.24, 2.45) is 0 Å². The van der Waals surface area contributed by atoms with Crippen LogP contribution in [0.1, 0.15) is 38.8 Å². The Morgan fingerprint density at radius 2 is 1.51 bits per heavy atom. The highest BCUT2D eigenvalue weighted by molar-refractivity contribution is 5.93. The van der Waals surface area contributed by atoms with E-state index in [-0.39, 0.29) is 52.2 Å². The Labute approximate surface area is 237 Å². The van der Waals surface area contributed by atoms with Crippen LogP contribution in [0.15, 0.2) is 63.0 Å². The Morgan fingerprint density at radius 3 is 2.10 bits per heavy atom. The molecule has 1 aliphatic heterocycles. The lowest BCUT2D eigenvalue weighted by Crippen LogP contribution is -2.60. The van der Waals surface area contributed by atoms with Crippen molar-refractivity contribution in [3.63, 3.8) is 0 Å². The highest BCUT2D eigenvalue weighted by Gasteiger charge is 2.45. The number of phenolic OH excluding ortho intramolecular Hbond substituents is 2. The van der Waals surface area contributed by atoms with E-state index in [1.165, 1.54) is 18.4 Å². The van der Waals surface area contributed by atoms with Gasteiger partial charge in [-0.05, 0) is 58.2 Å². The molecule has 10 heteroatoms. The number of ether oxygens (including phenoxy) is 2. The molecule has 1 saturated heterocycles. The van der Waals surface area contributed by atoms with Gasteiger partial charge >= 0.3 is 0 Å². The maximum atomic E-state index is 13.8. The molecule has 1 aromatic heterocycles. The van der Waals surface area contributed by atoms with Gasteiger partial charge in [-0.3, -0.25) is 4.79 Å². The van der Waals surface area contributed by atoms with Gasteiger partial charge in [-0.2, -0.15) is 0 Å². The summed E-state index contributed by atoms with van der Waals surface area (Å²) in [5.41, 5.74) is 2.73. The average Bonchev–Trinajstić information content (AvgIpc) is 2.93. The van der Waals surface area contributed by atoms with Crippen LogP contribution in [0.25, 0.3) is 22.1 Å². The normalized spacial score (nSPS) is 22.4. The van der Waals surface area contributed by atoms with Crippen molar-refractivity contribution in [3.8, 4) is 28.4 Å². The lowest BCUT2D eigenvalue weighted by Gasteiger charge is -2.40. The number of fused-ring (bicyclic) bond motifs is 1. The SMILES string of the molecule is CC(C)=CCc1c(O[C@@H]2OC(CO)[C@@H](O)C(O)C2O)c(CC=C(C)C)c2occ(-c3ccc(O)cc3)c(=O)c2c1O. The Balaban J connectivity index is 1.99. The predicted molar refractivity (Wildman–Crippen MR) is 152 cm³/mol. The fourth-order valence-corrected chi connectivity index (χ4v) is 4.70. The zero-order valence-corrected chi connectivity index (χ0v) is 23.4. The maximum Gasteiger partial charge on any atom is 0.229 e. The first-order valence-electron chi connectivity index (χ1n) is 13.3. The van der Waals surface area contributed by atoms with Crippen molar-refractivity contribution >= 4 is 11.0 Å². The number of allylic oxidation sites excluding steroid dienone is 4. The zero-order chi connectivity index (χ0) is 30.0. The van der Waals surface area contributed by atoms with E-state index in [0.29, 0.717) is 11.1 Å². The van der Waals surface area contributed by atoms with E-state index < -0.39 is 42.7 Å². The molecule has 2 aromatic carbocycles.